The van der Waals surface area contributed by atoms with Crippen LogP contribution in [0.5, 0.6) is 11.5 Å². The van der Waals surface area contributed by atoms with Crippen molar-refractivity contribution >= 4 is 56.9 Å². The molecule has 9 nitrogen and oxygen atoms in total. The predicted molar refractivity (Wildman–Crippen MR) is 312 cm³/mol. The third-order valence-electron chi connectivity index (χ3n) is 13.8. The summed E-state index contributed by atoms with van der Waals surface area (Å²) in [6, 6.07) is 83.0. The van der Waals surface area contributed by atoms with Crippen LogP contribution in [0.25, 0.3) is 22.5 Å². The summed E-state index contributed by atoms with van der Waals surface area (Å²) in [5.74, 6) is 1.10. The second-order valence-electron chi connectivity index (χ2n) is 19.1. The smallest absolute Gasteiger partial charge is 0.0344 e. The maximum absolute atomic E-state index is 6.46. The molecule has 3 aliphatic heterocycles. The van der Waals surface area contributed by atoms with E-state index in [1.165, 1.54) is 45.0 Å². The van der Waals surface area contributed by atoms with Crippen molar-refractivity contribution < 1.29 is 45.9 Å². The topological polar surface area (TPSA) is 54.5 Å². The number of hydrogen-bond acceptors (Lipinski definition) is 9. The Morgan fingerprint density at radius 3 is 1.51 bits per heavy atom. The first-order chi connectivity index (χ1) is 37.9. The zero-order valence-electron chi connectivity index (χ0n) is 43.8. The van der Waals surface area contributed by atoms with E-state index < -0.39 is 0 Å². The van der Waals surface area contributed by atoms with Crippen LogP contribution >= 0.6 is 0 Å². The van der Waals surface area contributed by atoms with E-state index in [9.17, 15) is 0 Å². The summed E-state index contributed by atoms with van der Waals surface area (Å²) in [4.78, 5) is 22.4. The number of aromatic nitrogens is 2. The molecule has 2 aromatic heterocycles. The minimum atomic E-state index is 0. The van der Waals surface area contributed by atoms with Crippen molar-refractivity contribution in [1.29, 1.82) is 0 Å². The summed E-state index contributed by atoms with van der Waals surface area (Å²) in [5.41, 5.74) is 18.2. The van der Waals surface area contributed by atoms with Gasteiger partial charge in [-0.2, -0.15) is 86.1 Å². The maximum atomic E-state index is 6.46. The average molecular weight is 1390 g/mol. The number of rotatable bonds is 13. The van der Waals surface area contributed by atoms with Gasteiger partial charge in [-0.05, 0) is 124 Å². The summed E-state index contributed by atoms with van der Waals surface area (Å²) < 4.78 is 6.46. The van der Waals surface area contributed by atoms with Gasteiger partial charge in [0.1, 0.15) is 0 Å². The quantitative estimate of drug-likeness (QED) is 0.0830. The molecule has 10 aromatic rings. The normalized spacial score (nSPS) is 12.9. The Kier molecular flexibility index (Phi) is 17.0. The molecule has 0 spiro atoms. The molecule has 79 heavy (non-hydrogen) atoms. The number of nitrogens with zero attached hydrogens (tertiary/aromatic N) is 8. The van der Waals surface area contributed by atoms with E-state index in [2.05, 4.69) is 250 Å². The number of hydrogen-bond donors (Lipinski definition) is 0. The third kappa shape index (κ3) is 11.7. The Hall–Kier alpha value is -8.00. The van der Waals surface area contributed by atoms with E-state index in [0.29, 0.717) is 22.9 Å². The van der Waals surface area contributed by atoms with Gasteiger partial charge >= 0.3 is 0 Å². The Balaban J connectivity index is 0.000000178. The summed E-state index contributed by atoms with van der Waals surface area (Å²) >= 11 is 0. The molecule has 0 N–H and O–H groups in total. The van der Waals surface area contributed by atoms with Gasteiger partial charge < -0.3 is 44.1 Å². The molecule has 0 bridgehead atoms. The van der Waals surface area contributed by atoms with Gasteiger partial charge in [0.05, 0.1) is 0 Å². The number of fused-ring (bicyclic) bond motifs is 3. The first-order valence-corrected chi connectivity index (χ1v) is 26.0. The third-order valence-corrected chi connectivity index (χ3v) is 13.8. The number of pyridine rings is 2. The van der Waals surface area contributed by atoms with Gasteiger partial charge in [0.2, 0.25) is 0 Å². The van der Waals surface area contributed by atoms with Gasteiger partial charge in [-0.3, -0.25) is 0 Å². The van der Waals surface area contributed by atoms with E-state index in [-0.39, 0.29) is 41.2 Å². The number of ether oxygens (including phenoxy) is 1. The average Bonchev–Trinajstić information content (AvgIpc) is 4.40. The standard InChI is InChI=1S/C38H28N4O.C30H26N4.Ir.Pt/c1-26-19-27(2)38(28(3)20-26)29-21-31(42-25-41(30-11-5-4-6-12-30)36-14-7-8-15-37(36)42)23-33(22-29)43-32-16-18-40-35(24-32)34-13-9-10-17-39-34;1-3-13-25(14-4-1)33-23-31(27-17-7-9-19-29(27)33)21-11-12-22-32-24-34(26-15-5-2-6-16-26)30-20-10-8-18-28(30)32;;/h4-12,14-22,25H,1-3H3;1-10,13,15,17-20,23-24H,11-12,21-22H2;;/q2*-4;;. The fourth-order valence-corrected chi connectivity index (χ4v) is 10.4. The number of aryl methyl sites for hydroxylation is 3. The largest absolute Gasteiger partial charge is 0.510 e. The molecule has 0 aliphatic carbocycles. The van der Waals surface area contributed by atoms with Crippen molar-refractivity contribution in [3.63, 3.8) is 0 Å². The molecule has 0 unspecified atom stereocenters. The molecule has 0 amide bonds. The Morgan fingerprint density at radius 1 is 0.443 bits per heavy atom. The Labute approximate surface area is 493 Å². The molecule has 13 rings (SSSR count). The predicted octanol–water partition coefficient (Wildman–Crippen LogP) is 16.3. The zero-order chi connectivity index (χ0) is 52.1. The summed E-state index contributed by atoms with van der Waals surface area (Å²) in [6.45, 7) is 14.9. The van der Waals surface area contributed by atoms with E-state index in [1.807, 2.05) is 48.5 Å². The van der Waals surface area contributed by atoms with Gasteiger partial charge in [-0.1, -0.05) is 72.3 Å². The van der Waals surface area contributed by atoms with Crippen LogP contribution in [-0.4, -0.2) is 23.1 Å². The number of para-hydroxylation sites is 9. The molecule has 3 aliphatic rings. The second-order valence-corrected chi connectivity index (χ2v) is 19.1. The van der Waals surface area contributed by atoms with Crippen LogP contribution in [0.1, 0.15) is 29.5 Å². The molecule has 0 fully saturated rings. The molecule has 0 atom stereocenters. The van der Waals surface area contributed by atoms with Gasteiger partial charge in [-0.25, -0.2) is 6.07 Å². The Bertz CT molecular complexity index is 3530. The van der Waals surface area contributed by atoms with Crippen LogP contribution < -0.4 is 34.1 Å². The summed E-state index contributed by atoms with van der Waals surface area (Å²) in [5, 5.41) is 0. The molecule has 5 heterocycles. The van der Waals surface area contributed by atoms with Crippen molar-refractivity contribution in [2.45, 2.75) is 33.6 Å². The van der Waals surface area contributed by atoms with Gasteiger partial charge in [-0.15, -0.1) is 71.0 Å². The van der Waals surface area contributed by atoms with Gasteiger partial charge in [0.25, 0.3) is 0 Å². The van der Waals surface area contributed by atoms with Crippen LogP contribution in [0.4, 0.5) is 56.9 Å². The van der Waals surface area contributed by atoms with Gasteiger partial charge in [0.15, 0.2) is 0 Å². The van der Waals surface area contributed by atoms with Crippen LogP contribution in [0.2, 0.25) is 0 Å². The van der Waals surface area contributed by atoms with Crippen molar-refractivity contribution in [2.24, 2.45) is 0 Å². The molecule has 0 saturated heterocycles. The molecule has 399 valence electrons. The summed E-state index contributed by atoms with van der Waals surface area (Å²) in [7, 11) is 0. The second kappa shape index (κ2) is 24.8. The molecule has 8 aromatic carbocycles. The first kappa shape index (κ1) is 54.4. The minimum absolute atomic E-state index is 0. The van der Waals surface area contributed by atoms with Crippen molar-refractivity contribution in [3.05, 3.63) is 274 Å². The van der Waals surface area contributed by atoms with Crippen LogP contribution in [0.15, 0.2) is 207 Å². The zero-order valence-corrected chi connectivity index (χ0v) is 48.5. The summed E-state index contributed by atoms with van der Waals surface area (Å²) in [6.07, 6.45) is 5.61. The molecular formula is C68H54IrN8OPt-8. The molecular weight excluding hydrogens is 1330 g/mol. The number of benzene rings is 8. The molecule has 0 saturated carbocycles. The van der Waals surface area contributed by atoms with E-state index >= 15 is 0 Å². The molecule has 1 radical (unpaired) electrons. The van der Waals surface area contributed by atoms with E-state index in [1.54, 1.807) is 18.5 Å². The van der Waals surface area contributed by atoms with E-state index in [0.717, 1.165) is 65.6 Å². The minimum Gasteiger partial charge on any atom is -0.510 e. The SMILES string of the molecule is Cc1cc(C)c(-c2cc(Oc3[c-]c(-c4[c-]cccn4)ncc3)[c-]c(N3[CH-]N(c4ccccc4)c4ccccc43)c2)c(C)c1.[Ir].[Pt].[c-]1ccccc1N1[CH-]N(CCCCN2[CH-]N(c3[c-]cccc3)c3ccccc32)c2ccccc21. The van der Waals surface area contributed by atoms with Crippen molar-refractivity contribution in [1.82, 2.24) is 9.97 Å². The maximum Gasteiger partial charge on any atom is 0.0344 e. The van der Waals surface area contributed by atoms with Crippen LogP contribution in [-0.2, 0) is 41.2 Å². The van der Waals surface area contributed by atoms with E-state index in [4.69, 9.17) is 4.74 Å². The van der Waals surface area contributed by atoms with Gasteiger partial charge in [0, 0.05) is 92.5 Å². The van der Waals surface area contributed by atoms with Crippen molar-refractivity contribution in [2.75, 3.05) is 42.5 Å². The Morgan fingerprint density at radius 2 is 0.949 bits per heavy atom. The van der Waals surface area contributed by atoms with Crippen molar-refractivity contribution in [3.8, 4) is 34.0 Å². The number of unbranched alkanes of at least 4 members (excludes halogenated alkanes) is 1. The monoisotopic (exact) mass is 1390 g/mol. The first-order valence-electron chi connectivity index (χ1n) is 26.0. The fraction of sp³-hybridized carbons (Fsp3) is 0.103. The number of anilines is 10. The van der Waals surface area contributed by atoms with Crippen LogP contribution in [0, 0.1) is 71.1 Å². The fourth-order valence-electron chi connectivity index (χ4n) is 10.4. The molecule has 11 heteroatoms. The van der Waals surface area contributed by atoms with Crippen LogP contribution in [0.3, 0.4) is 0 Å².